The summed E-state index contributed by atoms with van der Waals surface area (Å²) in [6.45, 7) is 3.92. The van der Waals surface area contributed by atoms with Crippen LogP contribution in [0.1, 0.15) is 5.56 Å². The van der Waals surface area contributed by atoms with E-state index in [1.54, 1.807) is 36.4 Å². The number of hydrogen-bond donors (Lipinski definition) is 1. The average molecular weight is 322 g/mol. The molecule has 0 heterocycles. The number of halogens is 1. The molecule has 0 unspecified atom stereocenters. The van der Waals surface area contributed by atoms with Crippen LogP contribution >= 0.6 is 0 Å². The second-order valence-electron chi connectivity index (χ2n) is 4.78. The number of carbonyl (C=O) groups is 1. The Labute approximate surface area is 139 Å². The van der Waals surface area contributed by atoms with Crippen LogP contribution in [0.25, 0.3) is 6.08 Å². The van der Waals surface area contributed by atoms with Gasteiger partial charge in [-0.05, 0) is 35.9 Å². The molecule has 4 nitrogen and oxygen atoms in total. The number of para-hydroxylation sites is 1. The minimum atomic E-state index is -0.681. The molecule has 0 aromatic heterocycles. The molecule has 0 aliphatic heterocycles. The highest BCUT2D eigenvalue weighted by Gasteiger charge is 2.11. The van der Waals surface area contributed by atoms with Crippen LogP contribution in [-0.4, -0.2) is 12.5 Å². The molecule has 0 spiro atoms. The van der Waals surface area contributed by atoms with E-state index >= 15 is 0 Å². The molecule has 2 aromatic carbocycles. The maximum Gasteiger partial charge on any atom is 0.266 e. The largest absolute Gasteiger partial charge is 0.490 e. The molecule has 2 aromatic rings. The van der Waals surface area contributed by atoms with E-state index in [4.69, 9.17) is 4.74 Å². The van der Waals surface area contributed by atoms with Gasteiger partial charge in [0.05, 0.1) is 5.69 Å². The van der Waals surface area contributed by atoms with Crippen molar-refractivity contribution in [2.45, 2.75) is 0 Å². The molecule has 0 saturated heterocycles. The SMILES string of the molecule is C=CCOc1cccc(/C=C(/C#N)C(=O)Nc2ccccc2F)c1. The summed E-state index contributed by atoms with van der Waals surface area (Å²) < 4.78 is 19.0. The monoisotopic (exact) mass is 322 g/mol. The van der Waals surface area contributed by atoms with Gasteiger partial charge >= 0.3 is 0 Å². The molecular formula is C19H15FN2O2. The van der Waals surface area contributed by atoms with Gasteiger partial charge in [-0.1, -0.05) is 36.9 Å². The zero-order valence-electron chi connectivity index (χ0n) is 12.8. The fraction of sp³-hybridized carbons (Fsp3) is 0.0526. The molecule has 24 heavy (non-hydrogen) atoms. The third kappa shape index (κ3) is 4.55. The average Bonchev–Trinajstić information content (AvgIpc) is 2.60. The van der Waals surface area contributed by atoms with Crippen LogP contribution in [-0.2, 0) is 4.79 Å². The fourth-order valence-electron chi connectivity index (χ4n) is 1.92. The Balaban J connectivity index is 2.20. The Morgan fingerprint density at radius 2 is 2.08 bits per heavy atom. The van der Waals surface area contributed by atoms with Crippen LogP contribution in [0.2, 0.25) is 0 Å². The van der Waals surface area contributed by atoms with Gasteiger partial charge in [0.25, 0.3) is 5.91 Å². The smallest absolute Gasteiger partial charge is 0.266 e. The number of ether oxygens (including phenoxy) is 1. The number of carbonyl (C=O) groups excluding carboxylic acids is 1. The number of amides is 1. The third-order valence-electron chi connectivity index (χ3n) is 3.02. The molecule has 1 amide bonds. The molecule has 0 fully saturated rings. The normalized spacial score (nSPS) is 10.6. The lowest BCUT2D eigenvalue weighted by Gasteiger charge is -2.06. The van der Waals surface area contributed by atoms with E-state index < -0.39 is 11.7 Å². The number of nitriles is 1. The zero-order chi connectivity index (χ0) is 17.4. The van der Waals surface area contributed by atoms with Gasteiger partial charge in [0.2, 0.25) is 0 Å². The van der Waals surface area contributed by atoms with Gasteiger partial charge in [0.1, 0.15) is 29.8 Å². The van der Waals surface area contributed by atoms with Crippen LogP contribution in [0.3, 0.4) is 0 Å². The number of rotatable bonds is 6. The number of hydrogen-bond acceptors (Lipinski definition) is 3. The van der Waals surface area contributed by atoms with Crippen LogP contribution < -0.4 is 10.1 Å². The van der Waals surface area contributed by atoms with Crippen molar-refractivity contribution in [2.75, 3.05) is 11.9 Å². The first-order chi connectivity index (χ1) is 11.6. The van der Waals surface area contributed by atoms with Gasteiger partial charge in [0, 0.05) is 0 Å². The van der Waals surface area contributed by atoms with E-state index in [1.165, 1.54) is 24.3 Å². The number of nitrogens with one attached hydrogen (secondary N) is 1. The van der Waals surface area contributed by atoms with E-state index in [0.29, 0.717) is 17.9 Å². The lowest BCUT2D eigenvalue weighted by molar-refractivity contribution is -0.112. The molecular weight excluding hydrogens is 307 g/mol. The quantitative estimate of drug-likeness (QED) is 0.498. The molecule has 2 rings (SSSR count). The van der Waals surface area contributed by atoms with E-state index in [1.807, 2.05) is 6.07 Å². The summed E-state index contributed by atoms with van der Waals surface area (Å²) in [7, 11) is 0. The molecule has 120 valence electrons. The number of anilines is 1. The summed E-state index contributed by atoms with van der Waals surface area (Å²) in [6.07, 6.45) is 3.03. The van der Waals surface area contributed by atoms with Crippen molar-refractivity contribution in [1.82, 2.24) is 0 Å². The molecule has 0 saturated carbocycles. The van der Waals surface area contributed by atoms with Crippen LogP contribution in [0.15, 0.2) is 66.8 Å². The second kappa shape index (κ2) is 8.30. The van der Waals surface area contributed by atoms with Crippen molar-refractivity contribution >= 4 is 17.7 Å². The van der Waals surface area contributed by atoms with Crippen LogP contribution in [0.4, 0.5) is 10.1 Å². The predicted molar refractivity (Wildman–Crippen MR) is 90.8 cm³/mol. The summed E-state index contributed by atoms with van der Waals surface area (Å²) >= 11 is 0. The van der Waals surface area contributed by atoms with Gasteiger partial charge in [-0.2, -0.15) is 5.26 Å². The van der Waals surface area contributed by atoms with Crippen LogP contribution in [0, 0.1) is 17.1 Å². The van der Waals surface area contributed by atoms with Crippen molar-refractivity contribution < 1.29 is 13.9 Å². The topological polar surface area (TPSA) is 62.1 Å². The van der Waals surface area contributed by atoms with Crippen molar-refractivity contribution in [1.29, 1.82) is 5.26 Å². The Kier molecular flexibility index (Phi) is 5.87. The highest BCUT2D eigenvalue weighted by molar-refractivity contribution is 6.09. The highest BCUT2D eigenvalue weighted by atomic mass is 19.1. The fourth-order valence-corrected chi connectivity index (χ4v) is 1.92. The van der Waals surface area contributed by atoms with Gasteiger partial charge in [-0.25, -0.2) is 4.39 Å². The Morgan fingerprint density at radius 1 is 1.29 bits per heavy atom. The first kappa shape index (κ1) is 17.0. The summed E-state index contributed by atoms with van der Waals surface area (Å²) in [4.78, 5) is 12.1. The third-order valence-corrected chi connectivity index (χ3v) is 3.02. The first-order valence-electron chi connectivity index (χ1n) is 7.15. The van der Waals surface area contributed by atoms with Gasteiger partial charge in [-0.15, -0.1) is 0 Å². The Hall–Kier alpha value is -3.39. The Morgan fingerprint density at radius 3 is 2.79 bits per heavy atom. The van der Waals surface area contributed by atoms with Crippen molar-refractivity contribution in [3.05, 3.63) is 78.1 Å². The molecule has 0 atom stereocenters. The molecule has 0 bridgehead atoms. The van der Waals surface area contributed by atoms with Crippen molar-refractivity contribution in [3.8, 4) is 11.8 Å². The summed E-state index contributed by atoms with van der Waals surface area (Å²) in [6, 6.07) is 14.5. The van der Waals surface area contributed by atoms with Gasteiger partial charge in [0.15, 0.2) is 0 Å². The van der Waals surface area contributed by atoms with Crippen molar-refractivity contribution in [2.24, 2.45) is 0 Å². The molecule has 0 aliphatic rings. The number of benzene rings is 2. The second-order valence-corrected chi connectivity index (χ2v) is 4.78. The van der Waals surface area contributed by atoms with E-state index in [9.17, 15) is 14.4 Å². The Bertz CT molecular complexity index is 822. The lowest BCUT2D eigenvalue weighted by atomic mass is 10.1. The summed E-state index contributed by atoms with van der Waals surface area (Å²) in [5, 5.41) is 11.6. The number of nitrogens with zero attached hydrogens (tertiary/aromatic N) is 1. The van der Waals surface area contributed by atoms with Gasteiger partial charge in [-0.3, -0.25) is 4.79 Å². The van der Waals surface area contributed by atoms with E-state index in [-0.39, 0.29) is 11.3 Å². The first-order valence-corrected chi connectivity index (χ1v) is 7.15. The van der Waals surface area contributed by atoms with Gasteiger partial charge < -0.3 is 10.1 Å². The molecule has 0 radical (unpaired) electrons. The zero-order valence-corrected chi connectivity index (χ0v) is 12.8. The molecule has 5 heteroatoms. The molecule has 1 N–H and O–H groups in total. The summed E-state index contributed by atoms with van der Waals surface area (Å²) in [5.74, 6) is -0.654. The minimum Gasteiger partial charge on any atom is -0.490 e. The maximum atomic E-state index is 13.6. The molecule has 0 aliphatic carbocycles. The minimum absolute atomic E-state index is 0.0201. The van der Waals surface area contributed by atoms with Crippen molar-refractivity contribution in [3.63, 3.8) is 0 Å². The van der Waals surface area contributed by atoms with Crippen LogP contribution in [0.5, 0.6) is 5.75 Å². The van der Waals surface area contributed by atoms with E-state index in [2.05, 4.69) is 11.9 Å². The highest BCUT2D eigenvalue weighted by Crippen LogP contribution is 2.18. The standard InChI is InChI=1S/C19H15FN2O2/c1-2-10-24-16-7-5-6-14(12-16)11-15(13-21)19(23)22-18-9-4-3-8-17(18)20/h2-9,11-12H,1,10H2,(H,22,23)/b15-11-. The van der Waals surface area contributed by atoms with E-state index in [0.717, 1.165) is 0 Å². The predicted octanol–water partition coefficient (Wildman–Crippen LogP) is 3.94. The summed E-state index contributed by atoms with van der Waals surface area (Å²) in [5.41, 5.74) is 0.502. The lowest BCUT2D eigenvalue weighted by Crippen LogP contribution is -2.14. The maximum absolute atomic E-state index is 13.6.